The molecule has 2 N–H and O–H groups in total. The van der Waals surface area contributed by atoms with Gasteiger partial charge < -0.3 is 14.9 Å². The van der Waals surface area contributed by atoms with E-state index in [1.807, 2.05) is 26.0 Å². The van der Waals surface area contributed by atoms with Crippen molar-refractivity contribution in [3.8, 4) is 11.1 Å². The molecule has 0 aliphatic heterocycles. The van der Waals surface area contributed by atoms with Crippen LogP contribution in [0.3, 0.4) is 0 Å². The maximum absolute atomic E-state index is 13.6. The number of aromatic nitrogens is 2. The van der Waals surface area contributed by atoms with E-state index in [-0.39, 0.29) is 0 Å². The Morgan fingerprint density at radius 1 is 1.18 bits per heavy atom. The average Bonchev–Trinajstić information content (AvgIpc) is 3.48. The summed E-state index contributed by atoms with van der Waals surface area (Å²) < 4.78 is 33.8. The van der Waals surface area contributed by atoms with Gasteiger partial charge in [-0.25, -0.2) is 12.4 Å². The highest BCUT2D eigenvalue weighted by Gasteiger charge is 2.39. The number of anilines is 1. The SMILES string of the molecule is Cc1noc(C)c1-c1cc(NC=O)c2c(c1)c1ccc(C(C)(C)O)cc1n2S(=O)(=O)C1CC1. The molecule has 0 radical (unpaired) electrons. The van der Waals surface area contributed by atoms with E-state index in [2.05, 4.69) is 10.5 Å². The second-order valence-electron chi connectivity index (χ2n) is 9.18. The van der Waals surface area contributed by atoms with Gasteiger partial charge in [0.25, 0.3) is 0 Å². The Bertz CT molecular complexity index is 1520. The van der Waals surface area contributed by atoms with Crippen molar-refractivity contribution < 1.29 is 22.8 Å². The van der Waals surface area contributed by atoms with Crippen molar-refractivity contribution in [2.45, 2.75) is 51.4 Å². The van der Waals surface area contributed by atoms with Crippen LogP contribution in [0, 0.1) is 13.8 Å². The number of hydrogen-bond acceptors (Lipinski definition) is 6. The molecule has 0 spiro atoms. The third-order valence-electron chi connectivity index (χ3n) is 6.26. The van der Waals surface area contributed by atoms with E-state index in [0.717, 1.165) is 11.1 Å². The minimum absolute atomic E-state index is 0.378. The maximum Gasteiger partial charge on any atom is 0.242 e. The number of aryl methyl sites for hydroxylation is 2. The summed E-state index contributed by atoms with van der Waals surface area (Å²) in [6, 6.07) is 8.99. The molecule has 2 aromatic heterocycles. The van der Waals surface area contributed by atoms with Crippen LogP contribution in [0.1, 0.15) is 43.7 Å². The van der Waals surface area contributed by atoms with Crippen LogP contribution < -0.4 is 5.32 Å². The van der Waals surface area contributed by atoms with E-state index in [1.54, 1.807) is 32.0 Å². The highest BCUT2D eigenvalue weighted by Crippen LogP contribution is 2.43. The highest BCUT2D eigenvalue weighted by atomic mass is 32.2. The van der Waals surface area contributed by atoms with Gasteiger partial charge in [-0.15, -0.1) is 0 Å². The zero-order valence-electron chi connectivity index (χ0n) is 18.8. The van der Waals surface area contributed by atoms with Gasteiger partial charge in [0, 0.05) is 16.3 Å². The lowest BCUT2D eigenvalue weighted by atomic mass is 9.96. The number of nitrogens with one attached hydrogen (secondary N) is 1. The molecule has 2 heterocycles. The molecule has 1 saturated carbocycles. The number of carbonyl (C=O) groups excluding carboxylic acids is 1. The Balaban J connectivity index is 1.96. The molecule has 9 heteroatoms. The minimum atomic E-state index is -3.71. The lowest BCUT2D eigenvalue weighted by Crippen LogP contribution is -2.19. The molecule has 4 aromatic rings. The molecule has 33 heavy (non-hydrogen) atoms. The van der Waals surface area contributed by atoms with Gasteiger partial charge in [-0.05, 0) is 69.9 Å². The first-order valence-corrected chi connectivity index (χ1v) is 12.3. The summed E-state index contributed by atoms with van der Waals surface area (Å²) in [4.78, 5) is 11.5. The van der Waals surface area contributed by atoms with Gasteiger partial charge in [0.1, 0.15) is 5.76 Å². The normalized spacial score (nSPS) is 14.8. The highest BCUT2D eigenvalue weighted by molar-refractivity contribution is 7.91. The standard InChI is InChI=1S/C24H25N3O5S/c1-13-22(14(2)32-26-13)15-9-19-18-8-5-16(24(3,4)29)11-21(18)27(33(30,31)17-6-7-17)23(19)20(10-15)25-12-28/h5,8-12,17,29H,6-7H2,1-4H3,(H,25,28). The predicted molar refractivity (Wildman–Crippen MR) is 127 cm³/mol. The second kappa shape index (κ2) is 7.16. The minimum Gasteiger partial charge on any atom is -0.386 e. The molecule has 0 unspecified atom stereocenters. The van der Waals surface area contributed by atoms with Gasteiger partial charge in [-0.1, -0.05) is 17.3 Å². The van der Waals surface area contributed by atoms with Crippen molar-refractivity contribution in [2.24, 2.45) is 0 Å². The number of hydrogen-bond donors (Lipinski definition) is 2. The van der Waals surface area contributed by atoms with Crippen molar-refractivity contribution in [1.82, 2.24) is 9.13 Å². The number of rotatable bonds is 6. The van der Waals surface area contributed by atoms with Crippen LogP contribution in [0.5, 0.6) is 0 Å². The predicted octanol–water partition coefficient (Wildman–Crippen LogP) is 4.20. The van der Waals surface area contributed by atoms with Crippen LogP contribution >= 0.6 is 0 Å². The molecule has 0 saturated heterocycles. The summed E-state index contributed by atoms with van der Waals surface area (Å²) >= 11 is 0. The van der Waals surface area contributed by atoms with E-state index < -0.39 is 20.9 Å². The molecule has 1 aliphatic rings. The van der Waals surface area contributed by atoms with Crippen LogP contribution in [0.15, 0.2) is 34.9 Å². The van der Waals surface area contributed by atoms with Crippen molar-refractivity contribution >= 4 is 43.9 Å². The molecule has 172 valence electrons. The zero-order valence-corrected chi connectivity index (χ0v) is 19.7. The van der Waals surface area contributed by atoms with E-state index >= 15 is 0 Å². The molecule has 1 aliphatic carbocycles. The molecule has 1 fully saturated rings. The largest absolute Gasteiger partial charge is 0.386 e. The van der Waals surface area contributed by atoms with Crippen LogP contribution in [0.4, 0.5) is 5.69 Å². The maximum atomic E-state index is 13.6. The van der Waals surface area contributed by atoms with E-state index in [0.29, 0.717) is 63.8 Å². The average molecular weight is 468 g/mol. The Labute approximate surface area is 191 Å². The van der Waals surface area contributed by atoms with E-state index in [9.17, 15) is 18.3 Å². The van der Waals surface area contributed by atoms with E-state index in [1.165, 1.54) is 3.97 Å². The van der Waals surface area contributed by atoms with E-state index in [4.69, 9.17) is 4.52 Å². The fraction of sp³-hybridized carbons (Fsp3) is 0.333. The first-order valence-electron chi connectivity index (χ1n) is 10.8. The third kappa shape index (κ3) is 3.34. The quantitative estimate of drug-likeness (QED) is 0.411. The number of amides is 1. The fourth-order valence-corrected chi connectivity index (χ4v) is 6.39. The number of benzene rings is 2. The lowest BCUT2D eigenvalue weighted by Gasteiger charge is -2.18. The number of nitrogens with zero attached hydrogens (tertiary/aromatic N) is 2. The molecule has 0 atom stereocenters. The van der Waals surface area contributed by atoms with Crippen LogP contribution in [0.2, 0.25) is 0 Å². The molecule has 2 aromatic carbocycles. The Morgan fingerprint density at radius 3 is 2.48 bits per heavy atom. The summed E-state index contributed by atoms with van der Waals surface area (Å²) in [5, 5.41) is 18.2. The summed E-state index contributed by atoms with van der Waals surface area (Å²) in [6.45, 7) is 6.96. The lowest BCUT2D eigenvalue weighted by molar-refractivity contribution is -0.105. The fourth-order valence-electron chi connectivity index (χ4n) is 4.48. The van der Waals surface area contributed by atoms with Gasteiger partial charge in [0.15, 0.2) is 0 Å². The molecule has 5 rings (SSSR count). The van der Waals surface area contributed by atoms with Crippen molar-refractivity contribution in [3.05, 3.63) is 47.3 Å². The molecular weight excluding hydrogens is 442 g/mol. The monoisotopic (exact) mass is 467 g/mol. The van der Waals surface area contributed by atoms with Crippen LogP contribution in [-0.2, 0) is 20.4 Å². The van der Waals surface area contributed by atoms with Crippen LogP contribution in [0.25, 0.3) is 32.9 Å². The van der Waals surface area contributed by atoms with Gasteiger partial charge in [-0.2, -0.15) is 0 Å². The van der Waals surface area contributed by atoms with Crippen molar-refractivity contribution in [2.75, 3.05) is 5.32 Å². The molecule has 8 nitrogen and oxygen atoms in total. The van der Waals surface area contributed by atoms with Crippen molar-refractivity contribution in [1.29, 1.82) is 0 Å². The molecule has 1 amide bonds. The smallest absolute Gasteiger partial charge is 0.242 e. The van der Waals surface area contributed by atoms with Gasteiger partial charge in [0.2, 0.25) is 16.4 Å². The molecule has 0 bridgehead atoms. The Hall–Kier alpha value is -3.17. The number of carbonyl (C=O) groups is 1. The Kier molecular flexibility index (Phi) is 4.70. The van der Waals surface area contributed by atoms with Crippen LogP contribution in [-0.4, -0.2) is 34.3 Å². The number of aliphatic hydroxyl groups is 1. The summed E-state index contributed by atoms with van der Waals surface area (Å²) in [5.74, 6) is 0.627. The summed E-state index contributed by atoms with van der Waals surface area (Å²) in [5.41, 5.74) is 2.97. The number of fused-ring (bicyclic) bond motifs is 3. The molecular formula is C24H25N3O5S. The van der Waals surface area contributed by atoms with Gasteiger partial charge in [0.05, 0.1) is 33.3 Å². The zero-order chi connectivity index (χ0) is 23.7. The summed E-state index contributed by atoms with van der Waals surface area (Å²) in [7, 11) is -3.71. The van der Waals surface area contributed by atoms with Crippen molar-refractivity contribution in [3.63, 3.8) is 0 Å². The first kappa shape index (κ1) is 21.7. The third-order valence-corrected chi connectivity index (χ3v) is 8.46. The van der Waals surface area contributed by atoms with Gasteiger partial charge >= 0.3 is 0 Å². The summed E-state index contributed by atoms with van der Waals surface area (Å²) in [6.07, 6.45) is 1.74. The Morgan fingerprint density at radius 2 is 1.91 bits per heavy atom. The van der Waals surface area contributed by atoms with Gasteiger partial charge in [-0.3, -0.25) is 4.79 Å². The first-order chi connectivity index (χ1) is 15.5. The topological polar surface area (TPSA) is 114 Å². The second-order valence-corrected chi connectivity index (χ2v) is 11.2.